The van der Waals surface area contributed by atoms with Crippen molar-refractivity contribution in [1.82, 2.24) is 10.2 Å². The van der Waals surface area contributed by atoms with Crippen molar-refractivity contribution in [2.45, 2.75) is 32.1 Å². The lowest BCUT2D eigenvalue weighted by molar-refractivity contribution is -0.144. The molecule has 5 nitrogen and oxygen atoms in total. The van der Waals surface area contributed by atoms with E-state index in [0.29, 0.717) is 13.1 Å². The van der Waals surface area contributed by atoms with Crippen LogP contribution in [0, 0.1) is 11.8 Å². The number of amides is 1. The maximum atomic E-state index is 11.6. The van der Waals surface area contributed by atoms with Crippen LogP contribution in [0.5, 0.6) is 0 Å². The first-order valence-corrected chi connectivity index (χ1v) is 6.90. The second-order valence-corrected chi connectivity index (χ2v) is 5.35. The number of hydrogen-bond donors (Lipinski definition) is 2. The Labute approximate surface area is 108 Å². The van der Waals surface area contributed by atoms with Gasteiger partial charge in [-0.3, -0.25) is 9.59 Å². The molecule has 0 spiro atoms. The van der Waals surface area contributed by atoms with E-state index >= 15 is 0 Å². The molecule has 2 N–H and O–H groups in total. The van der Waals surface area contributed by atoms with E-state index in [2.05, 4.69) is 5.32 Å². The highest BCUT2D eigenvalue weighted by molar-refractivity contribution is 5.78. The van der Waals surface area contributed by atoms with Crippen LogP contribution < -0.4 is 5.32 Å². The van der Waals surface area contributed by atoms with E-state index in [-0.39, 0.29) is 17.7 Å². The summed E-state index contributed by atoms with van der Waals surface area (Å²) in [4.78, 5) is 24.6. The predicted molar refractivity (Wildman–Crippen MR) is 67.2 cm³/mol. The van der Waals surface area contributed by atoms with Crippen LogP contribution in [0.1, 0.15) is 32.1 Å². The van der Waals surface area contributed by atoms with Crippen molar-refractivity contribution in [3.63, 3.8) is 0 Å². The number of nitrogens with one attached hydrogen (secondary N) is 1. The van der Waals surface area contributed by atoms with E-state index in [9.17, 15) is 9.59 Å². The molecule has 2 rings (SSSR count). The second kappa shape index (κ2) is 6.18. The van der Waals surface area contributed by atoms with Crippen LogP contribution in [0.4, 0.5) is 0 Å². The summed E-state index contributed by atoms with van der Waals surface area (Å²) in [5.41, 5.74) is 0. The van der Waals surface area contributed by atoms with Gasteiger partial charge < -0.3 is 15.3 Å². The molecule has 1 saturated heterocycles. The van der Waals surface area contributed by atoms with Gasteiger partial charge in [-0.25, -0.2) is 0 Å². The molecule has 1 aliphatic carbocycles. The first-order valence-electron chi connectivity index (χ1n) is 6.90. The van der Waals surface area contributed by atoms with Crippen molar-refractivity contribution in [1.29, 1.82) is 0 Å². The number of carboxylic acids is 1. The molecule has 1 amide bonds. The number of rotatable bonds is 5. The van der Waals surface area contributed by atoms with Gasteiger partial charge in [0.1, 0.15) is 0 Å². The second-order valence-electron chi connectivity index (χ2n) is 5.35. The largest absolute Gasteiger partial charge is 0.481 e. The summed E-state index contributed by atoms with van der Waals surface area (Å²) in [7, 11) is 0. The number of carbonyl (C=O) groups excluding carboxylic acids is 1. The zero-order chi connectivity index (χ0) is 13.0. The van der Waals surface area contributed by atoms with Crippen LogP contribution in [-0.2, 0) is 9.59 Å². The Kier molecular flexibility index (Phi) is 4.58. The molecule has 0 aromatic heterocycles. The Morgan fingerprint density at radius 3 is 2.50 bits per heavy atom. The third-order valence-corrected chi connectivity index (χ3v) is 4.12. The zero-order valence-electron chi connectivity index (χ0n) is 10.7. The van der Waals surface area contributed by atoms with Crippen molar-refractivity contribution in [2.24, 2.45) is 11.8 Å². The molecule has 5 heteroatoms. The van der Waals surface area contributed by atoms with E-state index in [0.717, 1.165) is 45.2 Å². The molecule has 2 atom stereocenters. The van der Waals surface area contributed by atoms with Crippen molar-refractivity contribution in [2.75, 3.05) is 26.2 Å². The molecule has 0 aromatic carbocycles. The number of carbonyl (C=O) groups is 2. The average Bonchev–Trinajstić information content (AvgIpc) is 2.27. The number of hydrogen-bond acceptors (Lipinski definition) is 3. The molecule has 2 unspecified atom stereocenters. The standard InChI is InChI=1S/C13H22N2O3/c16-12(15-6-3-7-15)9-14-8-10-4-1-2-5-11(10)13(17)18/h10-11,14H,1-9H2,(H,17,18). The minimum absolute atomic E-state index is 0.143. The van der Waals surface area contributed by atoms with Crippen LogP contribution in [0.2, 0.25) is 0 Å². The van der Waals surface area contributed by atoms with E-state index in [1.54, 1.807) is 0 Å². The van der Waals surface area contributed by atoms with Gasteiger partial charge in [0.15, 0.2) is 0 Å². The quantitative estimate of drug-likeness (QED) is 0.757. The lowest BCUT2D eigenvalue weighted by Crippen LogP contribution is -2.47. The smallest absolute Gasteiger partial charge is 0.306 e. The third kappa shape index (κ3) is 3.22. The topological polar surface area (TPSA) is 69.6 Å². The Bertz CT molecular complexity index is 315. The van der Waals surface area contributed by atoms with Gasteiger partial charge in [-0.05, 0) is 31.7 Å². The summed E-state index contributed by atoms with van der Waals surface area (Å²) in [5, 5.41) is 12.3. The minimum atomic E-state index is -0.685. The molecule has 0 aromatic rings. The number of likely N-dealkylation sites (tertiary alicyclic amines) is 1. The molecule has 2 fully saturated rings. The fraction of sp³-hybridized carbons (Fsp3) is 0.846. The van der Waals surface area contributed by atoms with Crippen molar-refractivity contribution >= 4 is 11.9 Å². The van der Waals surface area contributed by atoms with Crippen LogP contribution >= 0.6 is 0 Å². The first kappa shape index (κ1) is 13.3. The predicted octanol–water partition coefficient (Wildman–Crippen LogP) is 0.699. The number of aliphatic carboxylic acids is 1. The van der Waals surface area contributed by atoms with E-state index in [1.807, 2.05) is 4.90 Å². The molecule has 2 aliphatic rings. The highest BCUT2D eigenvalue weighted by atomic mass is 16.4. The SMILES string of the molecule is O=C(O)C1CCCCC1CNCC(=O)N1CCC1. The number of nitrogens with zero attached hydrogens (tertiary/aromatic N) is 1. The van der Waals surface area contributed by atoms with E-state index < -0.39 is 5.97 Å². The van der Waals surface area contributed by atoms with Gasteiger partial charge in [0, 0.05) is 13.1 Å². The molecule has 0 bridgehead atoms. The summed E-state index contributed by atoms with van der Waals surface area (Å²) >= 11 is 0. The molecule has 0 radical (unpaired) electrons. The summed E-state index contributed by atoms with van der Waals surface area (Å²) in [6.45, 7) is 2.75. The van der Waals surface area contributed by atoms with Gasteiger partial charge >= 0.3 is 5.97 Å². The third-order valence-electron chi connectivity index (χ3n) is 4.12. The maximum Gasteiger partial charge on any atom is 0.306 e. The van der Waals surface area contributed by atoms with Gasteiger partial charge in [0.2, 0.25) is 5.91 Å². The van der Waals surface area contributed by atoms with Crippen LogP contribution in [-0.4, -0.2) is 48.1 Å². The summed E-state index contributed by atoms with van der Waals surface area (Å²) in [6.07, 6.45) is 4.97. The van der Waals surface area contributed by atoms with Crippen LogP contribution in [0.3, 0.4) is 0 Å². The van der Waals surface area contributed by atoms with E-state index in [1.165, 1.54) is 0 Å². The van der Waals surface area contributed by atoms with Gasteiger partial charge in [-0.2, -0.15) is 0 Å². The van der Waals surface area contributed by atoms with Gasteiger partial charge in [-0.1, -0.05) is 12.8 Å². The Balaban J connectivity index is 1.70. The Morgan fingerprint density at radius 2 is 1.89 bits per heavy atom. The Hall–Kier alpha value is -1.10. The lowest BCUT2D eigenvalue weighted by Gasteiger charge is -2.32. The fourth-order valence-electron chi connectivity index (χ4n) is 2.82. The van der Waals surface area contributed by atoms with Crippen molar-refractivity contribution in [3.05, 3.63) is 0 Å². The highest BCUT2D eigenvalue weighted by Crippen LogP contribution is 2.29. The molecular formula is C13H22N2O3. The zero-order valence-corrected chi connectivity index (χ0v) is 10.7. The molecule has 1 heterocycles. The summed E-state index contributed by atoms with van der Waals surface area (Å²) in [5.74, 6) is -0.592. The summed E-state index contributed by atoms with van der Waals surface area (Å²) < 4.78 is 0. The van der Waals surface area contributed by atoms with Crippen molar-refractivity contribution in [3.8, 4) is 0 Å². The van der Waals surface area contributed by atoms with Crippen molar-refractivity contribution < 1.29 is 14.7 Å². The lowest BCUT2D eigenvalue weighted by atomic mass is 9.79. The Morgan fingerprint density at radius 1 is 1.17 bits per heavy atom. The normalized spacial score (nSPS) is 27.7. The fourth-order valence-corrected chi connectivity index (χ4v) is 2.82. The van der Waals surface area contributed by atoms with Gasteiger partial charge in [-0.15, -0.1) is 0 Å². The molecular weight excluding hydrogens is 232 g/mol. The monoisotopic (exact) mass is 254 g/mol. The average molecular weight is 254 g/mol. The molecule has 1 aliphatic heterocycles. The van der Waals surface area contributed by atoms with Crippen LogP contribution in [0.15, 0.2) is 0 Å². The molecule has 18 heavy (non-hydrogen) atoms. The molecule has 102 valence electrons. The highest BCUT2D eigenvalue weighted by Gasteiger charge is 2.30. The van der Waals surface area contributed by atoms with Gasteiger partial charge in [0.05, 0.1) is 12.5 Å². The molecule has 1 saturated carbocycles. The van der Waals surface area contributed by atoms with E-state index in [4.69, 9.17) is 5.11 Å². The maximum absolute atomic E-state index is 11.6. The number of carboxylic acid groups (broad SMARTS) is 1. The summed E-state index contributed by atoms with van der Waals surface area (Å²) in [6, 6.07) is 0. The first-order chi connectivity index (χ1) is 8.68. The minimum Gasteiger partial charge on any atom is -0.481 e. The van der Waals surface area contributed by atoms with Gasteiger partial charge in [0.25, 0.3) is 0 Å². The van der Waals surface area contributed by atoms with Crippen LogP contribution in [0.25, 0.3) is 0 Å².